The van der Waals surface area contributed by atoms with Gasteiger partial charge in [-0.3, -0.25) is 19.1 Å². The number of amides is 1. The van der Waals surface area contributed by atoms with Crippen molar-refractivity contribution in [1.29, 1.82) is 0 Å². The number of furan rings is 1. The Balaban J connectivity index is 1.58. The molecule has 0 bridgehead atoms. The molecule has 1 aromatic carbocycles. The van der Waals surface area contributed by atoms with Gasteiger partial charge in [0, 0.05) is 23.6 Å². The van der Waals surface area contributed by atoms with Crippen LogP contribution in [0.25, 0.3) is 22.4 Å². The van der Waals surface area contributed by atoms with Crippen LogP contribution >= 0.6 is 11.3 Å². The van der Waals surface area contributed by atoms with Gasteiger partial charge < -0.3 is 9.73 Å². The maximum absolute atomic E-state index is 14.2. The molecular formula is C20H13F5N4O4S. The first-order valence-electron chi connectivity index (χ1n) is 9.40. The smallest absolute Gasteiger partial charge is 0.419 e. The molecule has 0 atom stereocenters. The minimum Gasteiger partial charge on any atom is -0.444 e. The number of halogens is 5. The van der Waals surface area contributed by atoms with Crippen LogP contribution in [-0.4, -0.2) is 20.4 Å². The first-order chi connectivity index (χ1) is 15.9. The second-order valence-corrected chi connectivity index (χ2v) is 8.07. The maximum Gasteiger partial charge on any atom is 0.419 e. The molecule has 0 spiro atoms. The third kappa shape index (κ3) is 4.11. The van der Waals surface area contributed by atoms with Crippen molar-refractivity contribution in [2.24, 2.45) is 7.05 Å². The summed E-state index contributed by atoms with van der Waals surface area (Å²) in [5.74, 6) is -3.41. The van der Waals surface area contributed by atoms with Gasteiger partial charge in [-0.1, -0.05) is 0 Å². The van der Waals surface area contributed by atoms with Crippen molar-refractivity contribution in [2.75, 3.05) is 5.32 Å². The van der Waals surface area contributed by atoms with Crippen LogP contribution in [0.5, 0.6) is 0 Å². The molecule has 4 aromatic rings. The van der Waals surface area contributed by atoms with Crippen LogP contribution in [0.3, 0.4) is 0 Å². The van der Waals surface area contributed by atoms with Crippen molar-refractivity contribution in [3.8, 4) is 11.3 Å². The van der Waals surface area contributed by atoms with E-state index >= 15 is 0 Å². The van der Waals surface area contributed by atoms with Gasteiger partial charge in [0.15, 0.2) is 5.13 Å². The van der Waals surface area contributed by atoms with E-state index in [4.69, 9.17) is 4.42 Å². The highest BCUT2D eigenvalue weighted by Gasteiger charge is 2.35. The number of hydrogen-bond donors (Lipinski definition) is 2. The number of thiazole rings is 1. The third-order valence-electron chi connectivity index (χ3n) is 4.98. The van der Waals surface area contributed by atoms with Crippen LogP contribution in [0.2, 0.25) is 0 Å². The number of aromatic amines is 1. The van der Waals surface area contributed by atoms with E-state index in [1.165, 1.54) is 19.4 Å². The summed E-state index contributed by atoms with van der Waals surface area (Å²) in [5, 5.41) is 3.65. The van der Waals surface area contributed by atoms with Crippen molar-refractivity contribution >= 4 is 33.5 Å². The first kappa shape index (κ1) is 23.4. The fraction of sp³-hybridized carbons (Fsp3) is 0.200. The zero-order valence-electron chi connectivity index (χ0n) is 17.3. The highest BCUT2D eigenvalue weighted by molar-refractivity contribution is 7.14. The molecule has 0 aliphatic rings. The summed E-state index contributed by atoms with van der Waals surface area (Å²) >= 11 is 0.834. The van der Waals surface area contributed by atoms with Gasteiger partial charge >= 0.3 is 11.9 Å². The highest BCUT2D eigenvalue weighted by atomic mass is 32.1. The summed E-state index contributed by atoms with van der Waals surface area (Å²) in [6.07, 6.45) is -5.40. The predicted molar refractivity (Wildman–Crippen MR) is 112 cm³/mol. The van der Waals surface area contributed by atoms with E-state index < -0.39 is 46.1 Å². The normalized spacial score (nSPS) is 11.9. The molecule has 3 aromatic heterocycles. The van der Waals surface area contributed by atoms with Gasteiger partial charge in [0.1, 0.15) is 22.8 Å². The molecule has 2 N–H and O–H groups in total. The number of hydrogen-bond acceptors (Lipinski definition) is 6. The minimum absolute atomic E-state index is 0.0249. The average Bonchev–Trinajstić information content (AvgIpc) is 3.31. The summed E-state index contributed by atoms with van der Waals surface area (Å²) in [5.41, 5.74) is -3.62. The molecule has 4 rings (SSSR count). The average molecular weight is 500 g/mol. The summed E-state index contributed by atoms with van der Waals surface area (Å²) < 4.78 is 72.5. The zero-order chi connectivity index (χ0) is 24.9. The van der Waals surface area contributed by atoms with Gasteiger partial charge in [-0.2, -0.15) is 13.2 Å². The van der Waals surface area contributed by atoms with E-state index in [1.807, 2.05) is 0 Å². The summed E-state index contributed by atoms with van der Waals surface area (Å²) in [7, 11) is 1.26. The SMILES string of the molecule is Cc1oc2[nH]c(=O)n(C)c(=O)c2c1CC(=O)Nc1nc(-c2cc(F)c(C(F)(F)F)cc2F)cs1. The van der Waals surface area contributed by atoms with Crippen LogP contribution in [-0.2, 0) is 24.4 Å². The molecule has 0 aliphatic heterocycles. The topological polar surface area (TPSA) is 110 Å². The van der Waals surface area contributed by atoms with E-state index in [0.29, 0.717) is 6.07 Å². The van der Waals surface area contributed by atoms with Crippen molar-refractivity contribution < 1.29 is 31.2 Å². The van der Waals surface area contributed by atoms with Crippen LogP contribution in [0.4, 0.5) is 27.1 Å². The Bertz CT molecular complexity index is 1560. The summed E-state index contributed by atoms with van der Waals surface area (Å²) in [6.45, 7) is 1.50. The quantitative estimate of drug-likeness (QED) is 0.415. The van der Waals surface area contributed by atoms with E-state index in [1.54, 1.807) is 0 Å². The number of nitrogens with zero attached hydrogens (tertiary/aromatic N) is 2. The minimum atomic E-state index is -5.06. The molecule has 3 heterocycles. The lowest BCUT2D eigenvalue weighted by Crippen LogP contribution is -2.32. The number of alkyl halides is 3. The number of fused-ring (bicyclic) bond motifs is 1. The van der Waals surface area contributed by atoms with Crippen molar-refractivity contribution in [2.45, 2.75) is 19.5 Å². The van der Waals surface area contributed by atoms with Crippen LogP contribution in [0.15, 0.2) is 31.5 Å². The molecule has 0 saturated carbocycles. The Kier molecular flexibility index (Phi) is 5.63. The van der Waals surface area contributed by atoms with Gasteiger partial charge in [-0.25, -0.2) is 18.6 Å². The number of anilines is 1. The molecule has 0 unspecified atom stereocenters. The number of H-pyrrole nitrogens is 1. The molecule has 0 aliphatic carbocycles. The fourth-order valence-electron chi connectivity index (χ4n) is 3.29. The third-order valence-corrected chi connectivity index (χ3v) is 5.74. The van der Waals surface area contributed by atoms with E-state index in [-0.39, 0.29) is 45.7 Å². The number of carbonyl (C=O) groups excluding carboxylic acids is 1. The number of nitrogens with one attached hydrogen (secondary N) is 2. The monoisotopic (exact) mass is 500 g/mol. The number of carbonyl (C=O) groups is 1. The van der Waals surface area contributed by atoms with Crippen LogP contribution in [0, 0.1) is 18.6 Å². The van der Waals surface area contributed by atoms with Crippen LogP contribution < -0.4 is 16.6 Å². The molecule has 14 heteroatoms. The van der Waals surface area contributed by atoms with Gasteiger partial charge in [-0.15, -0.1) is 11.3 Å². The Morgan fingerprint density at radius 2 is 1.94 bits per heavy atom. The largest absolute Gasteiger partial charge is 0.444 e. The fourth-order valence-corrected chi connectivity index (χ4v) is 4.01. The van der Waals surface area contributed by atoms with E-state index in [2.05, 4.69) is 15.3 Å². The Morgan fingerprint density at radius 3 is 2.62 bits per heavy atom. The predicted octanol–water partition coefficient (Wildman–Crippen LogP) is 3.73. The van der Waals surface area contributed by atoms with E-state index in [9.17, 15) is 36.3 Å². The molecule has 1 amide bonds. The maximum atomic E-state index is 14.2. The Hall–Kier alpha value is -3.81. The molecule has 0 fully saturated rings. The zero-order valence-corrected chi connectivity index (χ0v) is 18.1. The number of aromatic nitrogens is 3. The number of benzene rings is 1. The second kappa shape index (κ2) is 8.20. The Labute approximate surface area is 189 Å². The van der Waals surface area contributed by atoms with Gasteiger partial charge in [0.05, 0.1) is 17.7 Å². The summed E-state index contributed by atoms with van der Waals surface area (Å²) in [6, 6.07) is 0.427. The van der Waals surface area contributed by atoms with Crippen LogP contribution in [0.1, 0.15) is 16.9 Å². The molecule has 34 heavy (non-hydrogen) atoms. The van der Waals surface area contributed by atoms with Crippen molar-refractivity contribution in [3.05, 3.63) is 66.9 Å². The molecule has 178 valence electrons. The molecule has 8 nitrogen and oxygen atoms in total. The second-order valence-electron chi connectivity index (χ2n) is 7.21. The molecule has 0 saturated heterocycles. The van der Waals surface area contributed by atoms with Crippen molar-refractivity contribution in [1.82, 2.24) is 14.5 Å². The lowest BCUT2D eigenvalue weighted by Gasteiger charge is -2.09. The summed E-state index contributed by atoms with van der Waals surface area (Å²) in [4.78, 5) is 43.0. The molecular weight excluding hydrogens is 487 g/mol. The van der Waals surface area contributed by atoms with Gasteiger partial charge in [0.25, 0.3) is 5.56 Å². The lowest BCUT2D eigenvalue weighted by atomic mass is 10.1. The van der Waals surface area contributed by atoms with E-state index in [0.717, 1.165) is 15.9 Å². The lowest BCUT2D eigenvalue weighted by molar-refractivity contribution is -0.140. The van der Waals surface area contributed by atoms with Gasteiger partial charge in [0.2, 0.25) is 11.6 Å². The standard InChI is InChI=1S/C20H13F5N4O4S/c1-7-8(15-16(33-7)28-19(32)29(2)17(15)31)4-14(30)27-18-26-13(6-34-18)9-3-12(22)10(5-11(9)21)20(23,24)25/h3,5-6H,4H2,1-2H3,(H,28,32)(H,26,27,30). The molecule has 0 radical (unpaired) electrons. The highest BCUT2D eigenvalue weighted by Crippen LogP contribution is 2.36. The van der Waals surface area contributed by atoms with Crippen molar-refractivity contribution in [3.63, 3.8) is 0 Å². The first-order valence-corrected chi connectivity index (χ1v) is 10.3. The van der Waals surface area contributed by atoms with Gasteiger partial charge in [-0.05, 0) is 19.1 Å². The number of aryl methyl sites for hydroxylation is 1. The Morgan fingerprint density at radius 1 is 1.24 bits per heavy atom. The number of rotatable bonds is 4.